The van der Waals surface area contributed by atoms with Crippen molar-refractivity contribution in [2.24, 2.45) is 0 Å². The topological polar surface area (TPSA) is 94.2 Å². The smallest absolute Gasteiger partial charge is 0.294 e. The van der Waals surface area contributed by atoms with E-state index in [2.05, 4.69) is 5.32 Å². The molecule has 30 heavy (non-hydrogen) atoms. The highest BCUT2D eigenvalue weighted by Crippen LogP contribution is 2.41. The maximum absolute atomic E-state index is 12.8. The first kappa shape index (κ1) is 19.8. The summed E-state index contributed by atoms with van der Waals surface area (Å²) in [6.45, 7) is 2.00. The van der Waals surface area contributed by atoms with E-state index in [1.54, 1.807) is 42.5 Å². The van der Waals surface area contributed by atoms with Crippen LogP contribution in [-0.2, 0) is 9.59 Å². The van der Waals surface area contributed by atoms with Crippen molar-refractivity contribution in [3.05, 3.63) is 52.9 Å². The Labute approximate surface area is 176 Å². The molecule has 2 aromatic rings. The fourth-order valence-electron chi connectivity index (χ4n) is 2.98. The van der Waals surface area contributed by atoms with E-state index >= 15 is 0 Å². The summed E-state index contributed by atoms with van der Waals surface area (Å²) in [4.78, 5) is 38.5. The Morgan fingerprint density at radius 3 is 2.67 bits per heavy atom. The summed E-state index contributed by atoms with van der Waals surface area (Å²) in [6, 6.07) is 12.2. The molecule has 0 spiro atoms. The van der Waals surface area contributed by atoms with Gasteiger partial charge in [-0.1, -0.05) is 18.2 Å². The second-order valence-electron chi connectivity index (χ2n) is 6.36. The number of hydrogen-bond acceptors (Lipinski definition) is 7. The number of nitrogens with zero attached hydrogens (tertiary/aromatic N) is 1. The lowest BCUT2D eigenvalue weighted by atomic mass is 10.1. The minimum atomic E-state index is -0.534. The van der Waals surface area contributed by atoms with Crippen molar-refractivity contribution in [2.75, 3.05) is 25.3 Å². The molecular formula is C21H18N2O6S. The Morgan fingerprint density at radius 1 is 1.20 bits per heavy atom. The number of thioether (sulfide) groups is 1. The normalized spacial score (nSPS) is 16.3. The summed E-state index contributed by atoms with van der Waals surface area (Å²) in [5.41, 5.74) is 1.17. The second-order valence-corrected chi connectivity index (χ2v) is 7.35. The maximum atomic E-state index is 12.8. The molecule has 8 nitrogen and oxygen atoms in total. The molecule has 0 unspecified atom stereocenters. The average molecular weight is 426 g/mol. The van der Waals surface area contributed by atoms with Gasteiger partial charge in [-0.2, -0.15) is 0 Å². The zero-order valence-corrected chi connectivity index (χ0v) is 16.9. The first-order valence-electron chi connectivity index (χ1n) is 9.22. The molecule has 154 valence electrons. The molecule has 0 saturated carbocycles. The fraction of sp³-hybridized carbons (Fsp3) is 0.190. The number of hydrogen-bond donors (Lipinski definition) is 1. The molecule has 2 heterocycles. The number of nitrogens with one attached hydrogen (secondary N) is 1. The summed E-state index contributed by atoms with van der Waals surface area (Å²) in [5, 5.41) is 2.16. The minimum absolute atomic E-state index is 0.109. The first-order chi connectivity index (χ1) is 14.5. The van der Waals surface area contributed by atoms with Crippen LogP contribution < -0.4 is 19.5 Å². The molecule has 1 N–H and O–H groups in total. The number of imide groups is 1. The number of rotatable bonds is 6. The van der Waals surface area contributed by atoms with Crippen LogP contribution in [0.5, 0.6) is 17.2 Å². The Balaban J connectivity index is 1.52. The molecule has 9 heteroatoms. The van der Waals surface area contributed by atoms with Crippen molar-refractivity contribution in [3.8, 4) is 17.2 Å². The van der Waals surface area contributed by atoms with Crippen molar-refractivity contribution in [2.45, 2.75) is 6.92 Å². The van der Waals surface area contributed by atoms with Crippen molar-refractivity contribution in [3.63, 3.8) is 0 Å². The largest absolute Gasteiger partial charge is 0.493 e. The summed E-state index contributed by atoms with van der Waals surface area (Å²) in [7, 11) is 0. The minimum Gasteiger partial charge on any atom is -0.493 e. The lowest BCUT2D eigenvalue weighted by Crippen LogP contribution is -2.36. The Bertz CT molecular complexity index is 1040. The molecular weight excluding hydrogens is 408 g/mol. The van der Waals surface area contributed by atoms with Gasteiger partial charge in [0.05, 0.1) is 11.5 Å². The number of carbonyl (C=O) groups excluding carboxylic acids is 3. The third kappa shape index (κ3) is 4.11. The van der Waals surface area contributed by atoms with E-state index in [0.29, 0.717) is 35.1 Å². The zero-order valence-electron chi connectivity index (χ0n) is 16.0. The van der Waals surface area contributed by atoms with Crippen LogP contribution >= 0.6 is 11.8 Å². The maximum Gasteiger partial charge on any atom is 0.294 e. The highest BCUT2D eigenvalue weighted by molar-refractivity contribution is 8.18. The number of carbonyl (C=O) groups is 3. The van der Waals surface area contributed by atoms with E-state index in [9.17, 15) is 14.4 Å². The van der Waals surface area contributed by atoms with Gasteiger partial charge in [0.2, 0.25) is 12.7 Å². The lowest BCUT2D eigenvalue weighted by Gasteiger charge is -2.12. The zero-order chi connectivity index (χ0) is 21.1. The molecule has 2 aromatic carbocycles. The van der Waals surface area contributed by atoms with Gasteiger partial charge in [0.25, 0.3) is 11.1 Å². The number of para-hydroxylation sites is 1. The number of ether oxygens (including phenoxy) is 3. The summed E-state index contributed by atoms with van der Waals surface area (Å²) in [6.07, 6.45) is 1.56. The van der Waals surface area contributed by atoms with Gasteiger partial charge >= 0.3 is 0 Å². The first-order valence-corrected chi connectivity index (χ1v) is 10.0. The Hall–Kier alpha value is -3.46. The van der Waals surface area contributed by atoms with E-state index < -0.39 is 17.1 Å². The molecule has 1 saturated heterocycles. The predicted octanol–water partition coefficient (Wildman–Crippen LogP) is 3.49. The van der Waals surface area contributed by atoms with Crippen LogP contribution in [0.4, 0.5) is 10.5 Å². The fourth-order valence-corrected chi connectivity index (χ4v) is 3.80. The van der Waals surface area contributed by atoms with E-state index in [1.165, 1.54) is 0 Å². The van der Waals surface area contributed by atoms with Gasteiger partial charge in [0.15, 0.2) is 11.5 Å². The highest BCUT2D eigenvalue weighted by Gasteiger charge is 2.36. The van der Waals surface area contributed by atoms with Crippen LogP contribution in [0.15, 0.2) is 47.4 Å². The molecule has 0 radical (unpaired) electrons. The molecule has 0 bridgehead atoms. The lowest BCUT2D eigenvalue weighted by molar-refractivity contribution is -0.127. The number of amides is 3. The molecule has 0 atom stereocenters. The number of benzene rings is 2. The molecule has 0 aliphatic carbocycles. The molecule has 1 fully saturated rings. The number of anilines is 1. The van der Waals surface area contributed by atoms with Gasteiger partial charge in [0.1, 0.15) is 12.3 Å². The van der Waals surface area contributed by atoms with Crippen molar-refractivity contribution in [1.82, 2.24) is 4.90 Å². The van der Waals surface area contributed by atoms with Gasteiger partial charge in [-0.3, -0.25) is 19.3 Å². The quantitative estimate of drug-likeness (QED) is 0.707. The monoisotopic (exact) mass is 426 g/mol. The van der Waals surface area contributed by atoms with E-state index in [0.717, 1.165) is 16.7 Å². The van der Waals surface area contributed by atoms with Crippen LogP contribution in [0.1, 0.15) is 12.5 Å². The predicted molar refractivity (Wildman–Crippen MR) is 111 cm³/mol. The highest BCUT2D eigenvalue weighted by atomic mass is 32.2. The Kier molecular flexibility index (Phi) is 5.62. The van der Waals surface area contributed by atoms with E-state index in [1.807, 2.05) is 13.0 Å². The second kappa shape index (κ2) is 8.50. The average Bonchev–Trinajstić information content (AvgIpc) is 3.28. The van der Waals surface area contributed by atoms with Gasteiger partial charge in [-0.15, -0.1) is 0 Å². The van der Waals surface area contributed by atoms with Crippen LogP contribution in [0.3, 0.4) is 0 Å². The van der Waals surface area contributed by atoms with Crippen LogP contribution in [0.2, 0.25) is 0 Å². The standard InChI is InChI=1S/C21H18N2O6S/c1-2-27-15-10-17-16(28-12-29-17)8-13(15)9-18-20(25)23(21(26)30-18)11-19(24)22-14-6-4-3-5-7-14/h3-10H,2,11-12H2,1H3,(H,22,24)/b18-9+. The molecule has 2 aliphatic heterocycles. The van der Waals surface area contributed by atoms with E-state index in [4.69, 9.17) is 14.2 Å². The van der Waals surface area contributed by atoms with Gasteiger partial charge < -0.3 is 19.5 Å². The summed E-state index contributed by atoms with van der Waals surface area (Å²) < 4.78 is 16.4. The molecule has 2 aliphatic rings. The Morgan fingerprint density at radius 2 is 1.93 bits per heavy atom. The molecule has 3 amide bonds. The summed E-state index contributed by atoms with van der Waals surface area (Å²) >= 11 is 0.776. The van der Waals surface area contributed by atoms with Crippen molar-refractivity contribution >= 4 is 40.6 Å². The third-order valence-electron chi connectivity index (χ3n) is 4.32. The van der Waals surface area contributed by atoms with Gasteiger partial charge in [-0.05, 0) is 43.0 Å². The SMILES string of the molecule is CCOc1cc2c(cc1/C=C1/SC(=O)N(CC(=O)Nc3ccccc3)C1=O)OCO2. The summed E-state index contributed by atoms with van der Waals surface area (Å²) in [5.74, 6) is 0.610. The van der Waals surface area contributed by atoms with Gasteiger partial charge in [-0.25, -0.2) is 0 Å². The van der Waals surface area contributed by atoms with Crippen LogP contribution in [-0.4, -0.2) is 41.9 Å². The van der Waals surface area contributed by atoms with Crippen molar-refractivity contribution in [1.29, 1.82) is 0 Å². The molecule has 4 rings (SSSR count). The van der Waals surface area contributed by atoms with Crippen molar-refractivity contribution < 1.29 is 28.6 Å². The van der Waals surface area contributed by atoms with Crippen LogP contribution in [0.25, 0.3) is 6.08 Å². The number of fused-ring (bicyclic) bond motifs is 1. The van der Waals surface area contributed by atoms with Gasteiger partial charge in [0, 0.05) is 17.3 Å². The molecule has 0 aromatic heterocycles. The van der Waals surface area contributed by atoms with Crippen LogP contribution in [0, 0.1) is 0 Å². The van der Waals surface area contributed by atoms with E-state index in [-0.39, 0.29) is 18.2 Å². The third-order valence-corrected chi connectivity index (χ3v) is 5.23.